The molecule has 1 N–H and O–H groups in total. The zero-order chi connectivity index (χ0) is 19.1. The number of anilines is 1. The molecule has 2 rings (SSSR count). The molecule has 0 spiro atoms. The molecule has 5 nitrogen and oxygen atoms in total. The predicted octanol–water partition coefficient (Wildman–Crippen LogP) is 4.27. The van der Waals surface area contributed by atoms with Crippen LogP contribution in [-0.2, 0) is 14.3 Å². The molecular weight excluding hydrogens is 398 g/mol. The van der Waals surface area contributed by atoms with Crippen molar-refractivity contribution in [3.05, 3.63) is 63.6 Å². The van der Waals surface area contributed by atoms with Crippen molar-refractivity contribution in [3.8, 4) is 5.75 Å². The Morgan fingerprint density at radius 1 is 1.19 bits per heavy atom. The number of aryl methyl sites for hydroxylation is 1. The number of ether oxygens (including phenoxy) is 2. The second kappa shape index (κ2) is 9.20. The van der Waals surface area contributed by atoms with Crippen LogP contribution >= 0.6 is 15.9 Å². The predicted molar refractivity (Wildman–Crippen MR) is 105 cm³/mol. The summed E-state index contributed by atoms with van der Waals surface area (Å²) in [5.74, 6) is -0.367. The van der Waals surface area contributed by atoms with Crippen LogP contribution in [-0.4, -0.2) is 25.6 Å². The third-order valence-electron chi connectivity index (χ3n) is 3.81. The number of benzene rings is 2. The molecule has 0 saturated heterocycles. The lowest BCUT2D eigenvalue weighted by Crippen LogP contribution is -2.20. The topological polar surface area (TPSA) is 64.6 Å². The highest BCUT2D eigenvalue weighted by Gasteiger charge is 2.08. The fourth-order valence-electron chi connectivity index (χ4n) is 2.25. The molecule has 1 amide bonds. The molecule has 0 aliphatic carbocycles. The lowest BCUT2D eigenvalue weighted by Gasteiger charge is -2.10. The molecule has 0 unspecified atom stereocenters. The monoisotopic (exact) mass is 417 g/mol. The van der Waals surface area contributed by atoms with E-state index in [1.165, 1.54) is 6.08 Å². The molecule has 2 aromatic carbocycles. The van der Waals surface area contributed by atoms with E-state index in [0.29, 0.717) is 11.4 Å². The van der Waals surface area contributed by atoms with Crippen molar-refractivity contribution >= 4 is 39.6 Å². The molecule has 0 fully saturated rings. The van der Waals surface area contributed by atoms with Crippen molar-refractivity contribution in [2.24, 2.45) is 0 Å². The average Bonchev–Trinajstić information content (AvgIpc) is 2.62. The first-order chi connectivity index (χ1) is 12.4. The fraction of sp³-hybridized carbons (Fsp3) is 0.200. The molecule has 0 aliphatic rings. The highest BCUT2D eigenvalue weighted by atomic mass is 79.9. The molecule has 26 heavy (non-hydrogen) atoms. The maximum atomic E-state index is 12.0. The highest BCUT2D eigenvalue weighted by molar-refractivity contribution is 9.10. The second-order valence-corrected chi connectivity index (χ2v) is 6.54. The Bertz CT molecular complexity index is 846. The van der Waals surface area contributed by atoms with Crippen molar-refractivity contribution < 1.29 is 19.1 Å². The number of nitrogens with one attached hydrogen (secondary N) is 1. The van der Waals surface area contributed by atoms with Crippen molar-refractivity contribution in [1.82, 2.24) is 0 Å². The summed E-state index contributed by atoms with van der Waals surface area (Å²) in [6, 6.07) is 11.1. The van der Waals surface area contributed by atoms with Gasteiger partial charge < -0.3 is 14.8 Å². The smallest absolute Gasteiger partial charge is 0.331 e. The number of rotatable bonds is 6. The number of esters is 1. The SMILES string of the molecule is COc1ccc(Br)cc1/C=C/C(=O)OCC(=O)Nc1cccc(C)c1C. The first-order valence-electron chi connectivity index (χ1n) is 7.95. The van der Waals surface area contributed by atoms with E-state index < -0.39 is 5.97 Å². The molecular formula is C20H20BrNO4. The molecule has 0 saturated carbocycles. The number of hydrogen-bond donors (Lipinski definition) is 1. The van der Waals surface area contributed by atoms with Crippen molar-refractivity contribution in [1.29, 1.82) is 0 Å². The third kappa shape index (κ3) is 5.46. The minimum Gasteiger partial charge on any atom is -0.496 e. The zero-order valence-corrected chi connectivity index (χ0v) is 16.4. The van der Waals surface area contributed by atoms with E-state index in [4.69, 9.17) is 9.47 Å². The van der Waals surface area contributed by atoms with Gasteiger partial charge in [0.15, 0.2) is 6.61 Å². The number of hydrogen-bond acceptors (Lipinski definition) is 4. The van der Waals surface area contributed by atoms with Gasteiger partial charge in [-0.05, 0) is 55.3 Å². The zero-order valence-electron chi connectivity index (χ0n) is 14.8. The fourth-order valence-corrected chi connectivity index (χ4v) is 2.63. The highest BCUT2D eigenvalue weighted by Crippen LogP contribution is 2.24. The number of amides is 1. The molecule has 0 atom stereocenters. The summed E-state index contributed by atoms with van der Waals surface area (Å²) >= 11 is 3.37. The van der Waals surface area contributed by atoms with Gasteiger partial charge in [0.25, 0.3) is 5.91 Å². The van der Waals surface area contributed by atoms with Crippen LogP contribution in [0.5, 0.6) is 5.75 Å². The summed E-state index contributed by atoms with van der Waals surface area (Å²) in [7, 11) is 1.55. The van der Waals surface area contributed by atoms with Crippen molar-refractivity contribution in [2.45, 2.75) is 13.8 Å². The Kier molecular flexibility index (Phi) is 6.97. The molecule has 136 valence electrons. The molecule has 0 radical (unpaired) electrons. The summed E-state index contributed by atoms with van der Waals surface area (Å²) in [5.41, 5.74) is 3.48. The summed E-state index contributed by atoms with van der Waals surface area (Å²) in [4.78, 5) is 23.8. The Morgan fingerprint density at radius 3 is 2.69 bits per heavy atom. The van der Waals surface area contributed by atoms with Gasteiger partial charge in [0.2, 0.25) is 0 Å². The quantitative estimate of drug-likeness (QED) is 0.562. The van der Waals surface area contributed by atoms with Gasteiger partial charge in [-0.3, -0.25) is 4.79 Å². The van der Waals surface area contributed by atoms with Gasteiger partial charge in [-0.2, -0.15) is 0 Å². The van der Waals surface area contributed by atoms with Gasteiger partial charge in [-0.25, -0.2) is 4.79 Å². The van der Waals surface area contributed by atoms with Crippen LogP contribution in [0.2, 0.25) is 0 Å². The molecule has 6 heteroatoms. The minimum absolute atomic E-state index is 0.355. The van der Waals surface area contributed by atoms with E-state index in [9.17, 15) is 9.59 Å². The van der Waals surface area contributed by atoms with Crippen LogP contribution in [0, 0.1) is 13.8 Å². The number of carbonyl (C=O) groups is 2. The van der Waals surface area contributed by atoms with Crippen molar-refractivity contribution in [2.75, 3.05) is 19.0 Å². The Hall–Kier alpha value is -2.60. The maximum Gasteiger partial charge on any atom is 0.331 e. The largest absolute Gasteiger partial charge is 0.496 e. The van der Waals surface area contributed by atoms with E-state index in [0.717, 1.165) is 21.2 Å². The Balaban J connectivity index is 1.91. The molecule has 0 aliphatic heterocycles. The summed E-state index contributed by atoms with van der Waals surface area (Å²) < 4.78 is 11.1. The minimum atomic E-state index is -0.608. The summed E-state index contributed by atoms with van der Waals surface area (Å²) in [6.45, 7) is 3.53. The number of methoxy groups -OCH3 is 1. The van der Waals surface area contributed by atoms with E-state index in [-0.39, 0.29) is 12.5 Å². The lowest BCUT2D eigenvalue weighted by molar-refractivity contribution is -0.142. The van der Waals surface area contributed by atoms with Crippen LogP contribution in [0.4, 0.5) is 5.69 Å². The number of carbonyl (C=O) groups excluding carboxylic acids is 2. The first-order valence-corrected chi connectivity index (χ1v) is 8.74. The van der Waals surface area contributed by atoms with E-state index in [2.05, 4.69) is 21.2 Å². The van der Waals surface area contributed by atoms with Crippen LogP contribution < -0.4 is 10.1 Å². The molecule has 0 bridgehead atoms. The van der Waals surface area contributed by atoms with Gasteiger partial charge in [0, 0.05) is 21.8 Å². The standard InChI is InChI=1S/C20H20BrNO4/c1-13-5-4-6-17(14(13)2)22-19(23)12-26-20(24)10-7-15-11-16(21)8-9-18(15)25-3/h4-11H,12H2,1-3H3,(H,22,23)/b10-7+. The maximum absolute atomic E-state index is 12.0. The van der Waals surface area contributed by atoms with Crippen molar-refractivity contribution in [3.63, 3.8) is 0 Å². The van der Waals surface area contributed by atoms with Gasteiger partial charge >= 0.3 is 5.97 Å². The lowest BCUT2D eigenvalue weighted by atomic mass is 10.1. The van der Waals surface area contributed by atoms with E-state index in [1.807, 2.05) is 44.2 Å². The van der Waals surface area contributed by atoms with Gasteiger partial charge in [0.1, 0.15) is 5.75 Å². The van der Waals surface area contributed by atoms with Crippen LogP contribution in [0.25, 0.3) is 6.08 Å². The van der Waals surface area contributed by atoms with Crippen LogP contribution in [0.3, 0.4) is 0 Å². The third-order valence-corrected chi connectivity index (χ3v) is 4.31. The Labute approximate surface area is 161 Å². The Morgan fingerprint density at radius 2 is 1.96 bits per heavy atom. The average molecular weight is 418 g/mol. The molecule has 0 aromatic heterocycles. The van der Waals surface area contributed by atoms with Gasteiger partial charge in [0.05, 0.1) is 7.11 Å². The number of halogens is 1. The van der Waals surface area contributed by atoms with Gasteiger partial charge in [-0.1, -0.05) is 28.1 Å². The van der Waals surface area contributed by atoms with E-state index in [1.54, 1.807) is 19.3 Å². The first kappa shape index (κ1) is 19.7. The van der Waals surface area contributed by atoms with E-state index >= 15 is 0 Å². The summed E-state index contributed by atoms with van der Waals surface area (Å²) in [5, 5.41) is 2.74. The molecule has 2 aromatic rings. The van der Waals surface area contributed by atoms with Crippen LogP contribution in [0.1, 0.15) is 16.7 Å². The van der Waals surface area contributed by atoms with Crippen LogP contribution in [0.15, 0.2) is 46.9 Å². The normalized spacial score (nSPS) is 10.6. The summed E-state index contributed by atoms with van der Waals surface area (Å²) in [6.07, 6.45) is 2.84. The van der Waals surface area contributed by atoms with Gasteiger partial charge in [-0.15, -0.1) is 0 Å². The second-order valence-electron chi connectivity index (χ2n) is 5.62. The molecule has 0 heterocycles.